The zero-order valence-electron chi connectivity index (χ0n) is 33.1. The van der Waals surface area contributed by atoms with Gasteiger partial charge in [0.15, 0.2) is 0 Å². The molecule has 0 spiro atoms. The van der Waals surface area contributed by atoms with Crippen LogP contribution >= 0.6 is 0 Å². The highest BCUT2D eigenvalue weighted by molar-refractivity contribution is 5.76. The zero-order chi connectivity index (χ0) is 37.0. The maximum absolute atomic E-state index is 12.9. The summed E-state index contributed by atoms with van der Waals surface area (Å²) in [6.45, 7) is 8.22. The summed E-state index contributed by atoms with van der Waals surface area (Å²) in [6.07, 6.45) is 26.1. The summed E-state index contributed by atoms with van der Waals surface area (Å²) in [4.78, 5) is 12.9. The van der Waals surface area contributed by atoms with Gasteiger partial charge in [0, 0.05) is 6.42 Å². The number of hydrogen-bond donors (Lipinski definition) is 6. The third-order valence-electron chi connectivity index (χ3n) is 10.7. The van der Waals surface area contributed by atoms with Gasteiger partial charge in [-0.3, -0.25) is 4.79 Å². The number of amides is 1. The fourth-order valence-electron chi connectivity index (χ4n) is 7.33. The number of ether oxygens (including phenoxy) is 1. The molecule has 50 heavy (non-hydrogen) atoms. The molecule has 0 saturated carbocycles. The highest BCUT2D eigenvalue weighted by Gasteiger charge is 2.44. The van der Waals surface area contributed by atoms with Crippen LogP contribution in [-0.2, 0) is 9.53 Å². The van der Waals surface area contributed by atoms with Crippen LogP contribution in [0.25, 0.3) is 0 Å². The van der Waals surface area contributed by atoms with Crippen molar-refractivity contribution >= 4 is 5.91 Å². The average molecular weight is 714 g/mol. The molecule has 1 amide bonds. The molecule has 0 bridgehead atoms. The SMILES string of the molecule is CCCCCCCCCCCCCCCCCCCCCCCCCC(=O)N[C@@H](C[C@H]1O[C@H](CO)[C@H](O)[C@H](O)[C@H]1O)[C@H](O)CCCC(C)(C)C. The maximum Gasteiger partial charge on any atom is 0.220 e. The van der Waals surface area contributed by atoms with Crippen molar-refractivity contribution in [2.45, 2.75) is 250 Å². The van der Waals surface area contributed by atoms with Crippen LogP contribution in [0.1, 0.15) is 207 Å². The molecule has 0 unspecified atom stereocenters. The van der Waals surface area contributed by atoms with Crippen LogP contribution in [-0.4, -0.2) is 80.7 Å². The number of rotatable bonds is 32. The molecule has 0 aromatic heterocycles. The van der Waals surface area contributed by atoms with E-state index in [9.17, 15) is 30.3 Å². The molecule has 7 atom stereocenters. The second-order valence-electron chi connectivity index (χ2n) is 16.8. The number of carbonyl (C=O) groups is 1. The first-order valence-corrected chi connectivity index (χ1v) is 21.3. The van der Waals surface area contributed by atoms with Gasteiger partial charge in [0.05, 0.1) is 24.9 Å². The molecule has 298 valence electrons. The number of nitrogens with one attached hydrogen (secondary N) is 1. The maximum atomic E-state index is 12.9. The molecule has 1 heterocycles. The van der Waals surface area contributed by atoms with Gasteiger partial charge in [-0.05, 0) is 31.1 Å². The van der Waals surface area contributed by atoms with E-state index in [4.69, 9.17) is 4.74 Å². The van der Waals surface area contributed by atoms with Gasteiger partial charge in [0.25, 0.3) is 0 Å². The molecule has 6 N–H and O–H groups in total. The third-order valence-corrected chi connectivity index (χ3v) is 10.7. The topological polar surface area (TPSA) is 139 Å². The van der Waals surface area contributed by atoms with Gasteiger partial charge >= 0.3 is 0 Å². The van der Waals surface area contributed by atoms with Crippen molar-refractivity contribution in [2.75, 3.05) is 6.61 Å². The smallest absolute Gasteiger partial charge is 0.220 e. The van der Waals surface area contributed by atoms with Crippen molar-refractivity contribution in [3.8, 4) is 0 Å². The van der Waals surface area contributed by atoms with Crippen LogP contribution < -0.4 is 5.32 Å². The predicted molar refractivity (Wildman–Crippen MR) is 206 cm³/mol. The lowest BCUT2D eigenvalue weighted by molar-refractivity contribution is -0.232. The Morgan fingerprint density at radius 1 is 0.620 bits per heavy atom. The minimum absolute atomic E-state index is 0.0727. The van der Waals surface area contributed by atoms with E-state index in [1.807, 2.05) is 0 Å². The number of aliphatic hydroxyl groups is 5. The first-order chi connectivity index (χ1) is 24.0. The molecule has 0 aromatic rings. The summed E-state index contributed by atoms with van der Waals surface area (Å²) in [6, 6.07) is -0.673. The number of unbranched alkanes of at least 4 members (excludes halogenated alkanes) is 22. The zero-order valence-corrected chi connectivity index (χ0v) is 33.1. The van der Waals surface area contributed by atoms with Gasteiger partial charge in [-0.25, -0.2) is 0 Å². The Morgan fingerprint density at radius 2 is 1.02 bits per heavy atom. The van der Waals surface area contributed by atoms with Crippen LogP contribution in [0.3, 0.4) is 0 Å². The van der Waals surface area contributed by atoms with Gasteiger partial charge in [-0.15, -0.1) is 0 Å². The molecule has 1 fully saturated rings. The van der Waals surface area contributed by atoms with Crippen molar-refractivity contribution in [3.05, 3.63) is 0 Å². The second-order valence-corrected chi connectivity index (χ2v) is 16.8. The van der Waals surface area contributed by atoms with Gasteiger partial charge < -0.3 is 35.6 Å². The number of aliphatic hydroxyl groups excluding tert-OH is 5. The molecule has 1 aliphatic rings. The molecule has 0 radical (unpaired) electrons. The van der Waals surface area contributed by atoms with Gasteiger partial charge in [0.2, 0.25) is 5.91 Å². The van der Waals surface area contributed by atoms with Crippen LogP contribution in [0, 0.1) is 5.41 Å². The largest absolute Gasteiger partial charge is 0.394 e. The van der Waals surface area contributed by atoms with E-state index in [0.717, 1.165) is 32.1 Å². The highest BCUT2D eigenvalue weighted by atomic mass is 16.5. The lowest BCUT2D eigenvalue weighted by Crippen LogP contribution is -2.60. The Labute approximate surface area is 307 Å². The molecular weight excluding hydrogens is 630 g/mol. The minimum Gasteiger partial charge on any atom is -0.394 e. The normalized spacial score (nSPS) is 22.5. The van der Waals surface area contributed by atoms with Crippen LogP contribution in [0.5, 0.6) is 0 Å². The van der Waals surface area contributed by atoms with E-state index < -0.39 is 49.3 Å². The van der Waals surface area contributed by atoms with Crippen molar-refractivity contribution in [2.24, 2.45) is 5.41 Å². The van der Waals surface area contributed by atoms with E-state index in [1.165, 1.54) is 128 Å². The monoisotopic (exact) mass is 714 g/mol. The lowest BCUT2D eigenvalue weighted by atomic mass is 9.86. The Bertz CT molecular complexity index is 789. The van der Waals surface area contributed by atoms with Gasteiger partial charge in [-0.2, -0.15) is 0 Å². The van der Waals surface area contributed by atoms with Gasteiger partial charge in [0.1, 0.15) is 24.4 Å². The van der Waals surface area contributed by atoms with Crippen LogP contribution in [0.15, 0.2) is 0 Å². The third kappa shape index (κ3) is 23.7. The van der Waals surface area contributed by atoms with E-state index in [1.54, 1.807) is 0 Å². The Balaban J connectivity index is 2.15. The van der Waals surface area contributed by atoms with Crippen LogP contribution in [0.2, 0.25) is 0 Å². The first-order valence-electron chi connectivity index (χ1n) is 21.3. The van der Waals surface area contributed by atoms with Gasteiger partial charge in [-0.1, -0.05) is 175 Å². The summed E-state index contributed by atoms with van der Waals surface area (Å²) in [5, 5.41) is 54.5. The minimum atomic E-state index is -1.48. The summed E-state index contributed by atoms with van der Waals surface area (Å²) in [5.74, 6) is -0.141. The molecule has 0 aliphatic carbocycles. The summed E-state index contributed by atoms with van der Waals surface area (Å²) in [5.41, 5.74) is 0.126. The molecule has 1 saturated heterocycles. The molecule has 8 heteroatoms. The quantitative estimate of drug-likeness (QED) is 0.0384. The standard InChI is InChI=1S/C42H83NO7/c1-5-6-7-8-9-10-11-12-13-14-15-16-17-18-19-20-21-22-23-24-25-26-27-30-38(46)43-34(35(45)29-28-31-42(2,3)4)32-36-39(47)41(49)40(48)37(33-44)50-36/h34-37,39-41,44-45,47-49H,5-33H2,1-4H3,(H,43,46)/t34-,35+,36+,37+,39-,40-,41+/m0/s1. The number of hydrogen-bond acceptors (Lipinski definition) is 7. The van der Waals surface area contributed by atoms with Crippen molar-refractivity contribution in [3.63, 3.8) is 0 Å². The fraction of sp³-hybridized carbons (Fsp3) is 0.976. The Kier molecular flexibility index (Phi) is 28.0. The first kappa shape index (κ1) is 47.3. The van der Waals surface area contributed by atoms with Crippen molar-refractivity contribution in [1.29, 1.82) is 0 Å². The van der Waals surface area contributed by atoms with E-state index in [0.29, 0.717) is 12.8 Å². The molecule has 1 aliphatic heterocycles. The summed E-state index contributed by atoms with van der Waals surface area (Å²) < 4.78 is 5.69. The van der Waals surface area contributed by atoms with E-state index in [-0.39, 0.29) is 17.7 Å². The Morgan fingerprint density at radius 3 is 1.42 bits per heavy atom. The van der Waals surface area contributed by atoms with E-state index >= 15 is 0 Å². The summed E-state index contributed by atoms with van der Waals surface area (Å²) in [7, 11) is 0. The van der Waals surface area contributed by atoms with Crippen molar-refractivity contribution < 1.29 is 35.1 Å². The molecule has 0 aromatic carbocycles. The summed E-state index contributed by atoms with van der Waals surface area (Å²) >= 11 is 0. The predicted octanol–water partition coefficient (Wildman–Crippen LogP) is 8.66. The van der Waals surface area contributed by atoms with Crippen molar-refractivity contribution in [1.82, 2.24) is 5.32 Å². The highest BCUT2D eigenvalue weighted by Crippen LogP contribution is 2.27. The molecule has 8 nitrogen and oxygen atoms in total. The fourth-order valence-corrected chi connectivity index (χ4v) is 7.33. The second kappa shape index (κ2) is 29.7. The molecular formula is C42H83NO7. The molecule has 1 rings (SSSR count). The lowest BCUT2D eigenvalue weighted by Gasteiger charge is -2.41. The van der Waals surface area contributed by atoms with E-state index in [2.05, 4.69) is 33.0 Å². The average Bonchev–Trinajstić information content (AvgIpc) is 3.07. The van der Waals surface area contributed by atoms with Crippen LogP contribution in [0.4, 0.5) is 0 Å². The Hall–Kier alpha value is -0.770. The number of carbonyl (C=O) groups excluding carboxylic acids is 1.